The van der Waals surface area contributed by atoms with Crippen LogP contribution in [0.2, 0.25) is 0 Å². The lowest BCUT2D eigenvalue weighted by Gasteiger charge is -2.43. The van der Waals surface area contributed by atoms with Crippen LogP contribution in [-0.4, -0.2) is 23.6 Å². The van der Waals surface area contributed by atoms with Crippen molar-refractivity contribution in [1.29, 1.82) is 0 Å². The molecule has 1 aliphatic rings. The predicted octanol–water partition coefficient (Wildman–Crippen LogP) is 4.47. The Morgan fingerprint density at radius 2 is 1.87 bits per heavy atom. The van der Waals surface area contributed by atoms with E-state index in [-0.39, 0.29) is 11.5 Å². The molecule has 0 saturated carbocycles. The molecule has 0 saturated heterocycles. The number of hydrogen-bond acceptors (Lipinski definition) is 7. The van der Waals surface area contributed by atoms with Gasteiger partial charge in [0.05, 0.1) is 11.5 Å². The summed E-state index contributed by atoms with van der Waals surface area (Å²) in [5.74, 6) is -0.928. The fourth-order valence-corrected chi connectivity index (χ4v) is 3.41. The van der Waals surface area contributed by atoms with Crippen LogP contribution < -0.4 is 10.4 Å². The first-order valence-corrected chi connectivity index (χ1v) is 10.4. The van der Waals surface area contributed by atoms with Crippen molar-refractivity contribution in [2.75, 3.05) is 0 Å². The van der Waals surface area contributed by atoms with E-state index in [1.807, 2.05) is 6.92 Å². The lowest BCUT2D eigenvalue weighted by atomic mass is 9.87. The van der Waals surface area contributed by atoms with Gasteiger partial charge < -0.3 is 18.6 Å². The molecule has 0 N–H and O–H groups in total. The first-order valence-electron chi connectivity index (χ1n) is 10.4. The molecule has 0 bridgehead atoms. The van der Waals surface area contributed by atoms with Gasteiger partial charge in [0.15, 0.2) is 12.2 Å². The third-order valence-corrected chi connectivity index (χ3v) is 5.65. The van der Waals surface area contributed by atoms with E-state index >= 15 is 0 Å². The van der Waals surface area contributed by atoms with Gasteiger partial charge in [-0.05, 0) is 52.3 Å². The highest BCUT2D eigenvalue weighted by atomic mass is 16.6. The Balaban J connectivity index is 2.21. The molecular formula is C24H28O7. The van der Waals surface area contributed by atoms with Gasteiger partial charge in [-0.1, -0.05) is 19.9 Å². The molecule has 0 unspecified atom stereocenters. The molecule has 0 radical (unpaired) electrons. The Labute approximate surface area is 181 Å². The fraction of sp³-hybridized carbons (Fsp3) is 0.458. The molecule has 3 rings (SSSR count). The standard InChI is InChI=1S/C24H28O7/c1-7-13(3)22(26)29-20-18-16(11-9-15-10-12-17(25)28-19(15)18)31-24(5,6)21(20)30-23(27)14(4)8-2/h8-13,20-21H,7H2,1-6H3/t13-,20-,21+/m1/s1. The highest BCUT2D eigenvalue weighted by Gasteiger charge is 2.50. The van der Waals surface area contributed by atoms with Gasteiger partial charge in [0.1, 0.15) is 16.9 Å². The monoisotopic (exact) mass is 428 g/mol. The van der Waals surface area contributed by atoms with E-state index in [2.05, 4.69) is 0 Å². The third kappa shape index (κ3) is 4.36. The van der Waals surface area contributed by atoms with Crippen molar-refractivity contribution in [2.45, 2.75) is 65.8 Å². The van der Waals surface area contributed by atoms with Crippen LogP contribution in [-0.2, 0) is 19.1 Å². The maximum atomic E-state index is 12.8. The molecule has 31 heavy (non-hydrogen) atoms. The van der Waals surface area contributed by atoms with Crippen molar-refractivity contribution in [3.05, 3.63) is 51.9 Å². The van der Waals surface area contributed by atoms with Crippen LogP contribution in [0.15, 0.2) is 45.1 Å². The normalized spacial score (nSPS) is 21.0. The summed E-state index contributed by atoms with van der Waals surface area (Å²) < 4.78 is 23.3. The van der Waals surface area contributed by atoms with Crippen LogP contribution in [0, 0.1) is 5.92 Å². The molecular weight excluding hydrogens is 400 g/mol. The van der Waals surface area contributed by atoms with Gasteiger partial charge in [-0.3, -0.25) is 4.79 Å². The molecule has 7 heteroatoms. The number of hydrogen-bond donors (Lipinski definition) is 0. The lowest BCUT2D eigenvalue weighted by Crippen LogP contribution is -2.52. The van der Waals surface area contributed by atoms with Crippen molar-refractivity contribution in [2.24, 2.45) is 5.92 Å². The van der Waals surface area contributed by atoms with E-state index in [4.69, 9.17) is 18.6 Å². The zero-order valence-corrected chi connectivity index (χ0v) is 18.7. The van der Waals surface area contributed by atoms with Crippen LogP contribution in [0.5, 0.6) is 5.75 Å². The number of rotatable bonds is 5. The van der Waals surface area contributed by atoms with Crippen molar-refractivity contribution in [1.82, 2.24) is 0 Å². The maximum absolute atomic E-state index is 12.8. The van der Waals surface area contributed by atoms with Gasteiger partial charge >= 0.3 is 17.6 Å². The number of fused-ring (bicyclic) bond motifs is 3. The SMILES string of the molecule is CC=C(C)C(=O)O[C@H]1[C@H](OC(=O)[C@H](C)CC)c2c(ccc3ccc(=O)oc23)OC1(C)C. The summed E-state index contributed by atoms with van der Waals surface area (Å²) in [7, 11) is 0. The lowest BCUT2D eigenvalue weighted by molar-refractivity contribution is -0.189. The number of benzene rings is 1. The minimum atomic E-state index is -1.01. The molecule has 1 aliphatic heterocycles. The molecule has 7 nitrogen and oxygen atoms in total. The summed E-state index contributed by atoms with van der Waals surface area (Å²) in [5, 5.41) is 0.640. The topological polar surface area (TPSA) is 92.0 Å². The van der Waals surface area contributed by atoms with E-state index in [1.54, 1.807) is 58.9 Å². The van der Waals surface area contributed by atoms with Gasteiger partial charge in [0.25, 0.3) is 0 Å². The highest BCUT2D eigenvalue weighted by Crippen LogP contribution is 2.46. The molecule has 1 aromatic carbocycles. The second-order valence-corrected chi connectivity index (χ2v) is 8.32. The van der Waals surface area contributed by atoms with Crippen LogP contribution >= 0.6 is 0 Å². The number of carbonyl (C=O) groups excluding carboxylic acids is 2. The van der Waals surface area contributed by atoms with Crippen molar-refractivity contribution >= 4 is 22.9 Å². The summed E-state index contributed by atoms with van der Waals surface area (Å²) in [4.78, 5) is 37.4. The molecule has 0 fully saturated rings. The third-order valence-electron chi connectivity index (χ3n) is 5.65. The number of carbonyl (C=O) groups is 2. The van der Waals surface area contributed by atoms with Gasteiger partial charge in [0, 0.05) is 17.0 Å². The first-order chi connectivity index (χ1) is 14.6. The maximum Gasteiger partial charge on any atom is 0.336 e. The fourth-order valence-electron chi connectivity index (χ4n) is 3.41. The Kier molecular flexibility index (Phi) is 6.25. The van der Waals surface area contributed by atoms with E-state index < -0.39 is 35.4 Å². The van der Waals surface area contributed by atoms with Crippen molar-refractivity contribution in [3.8, 4) is 5.75 Å². The van der Waals surface area contributed by atoms with Crippen LogP contribution in [0.3, 0.4) is 0 Å². The van der Waals surface area contributed by atoms with E-state index in [1.165, 1.54) is 6.07 Å². The summed E-state index contributed by atoms with van der Waals surface area (Å²) in [5.41, 5.74) is -0.526. The summed E-state index contributed by atoms with van der Waals surface area (Å²) in [6.45, 7) is 10.5. The Morgan fingerprint density at radius 3 is 2.52 bits per heavy atom. The first kappa shape index (κ1) is 22.6. The second kappa shape index (κ2) is 8.57. The Morgan fingerprint density at radius 1 is 1.19 bits per heavy atom. The molecule has 2 aromatic rings. The van der Waals surface area contributed by atoms with Gasteiger partial charge in [-0.25, -0.2) is 9.59 Å². The Bertz CT molecular complexity index is 1090. The zero-order valence-electron chi connectivity index (χ0n) is 18.7. The average Bonchev–Trinajstić information content (AvgIpc) is 2.73. The summed E-state index contributed by atoms with van der Waals surface area (Å²) in [6.07, 6.45) is 0.252. The average molecular weight is 428 g/mol. The number of ether oxygens (including phenoxy) is 3. The summed E-state index contributed by atoms with van der Waals surface area (Å²) in [6, 6.07) is 6.44. The van der Waals surface area contributed by atoms with Gasteiger partial charge in [0.2, 0.25) is 0 Å². The van der Waals surface area contributed by atoms with E-state index in [0.717, 1.165) is 0 Å². The quantitative estimate of drug-likeness (QED) is 0.394. The minimum Gasteiger partial charge on any atom is -0.483 e. The molecule has 3 atom stereocenters. The van der Waals surface area contributed by atoms with Gasteiger partial charge in [-0.2, -0.15) is 0 Å². The van der Waals surface area contributed by atoms with Crippen LogP contribution in [0.4, 0.5) is 0 Å². The molecule has 0 amide bonds. The van der Waals surface area contributed by atoms with Crippen LogP contribution in [0.25, 0.3) is 11.0 Å². The molecule has 1 aromatic heterocycles. The van der Waals surface area contributed by atoms with Crippen molar-refractivity contribution in [3.63, 3.8) is 0 Å². The highest BCUT2D eigenvalue weighted by molar-refractivity contribution is 5.88. The van der Waals surface area contributed by atoms with Gasteiger partial charge in [-0.15, -0.1) is 0 Å². The molecule has 2 heterocycles. The van der Waals surface area contributed by atoms with E-state index in [9.17, 15) is 14.4 Å². The molecule has 0 aliphatic carbocycles. The largest absolute Gasteiger partial charge is 0.483 e. The minimum absolute atomic E-state index is 0.242. The van der Waals surface area contributed by atoms with Crippen molar-refractivity contribution < 1.29 is 28.2 Å². The smallest absolute Gasteiger partial charge is 0.336 e. The molecule has 0 spiro atoms. The second-order valence-electron chi connectivity index (χ2n) is 8.32. The molecule has 166 valence electrons. The van der Waals surface area contributed by atoms with E-state index in [0.29, 0.717) is 28.7 Å². The zero-order chi connectivity index (χ0) is 22.9. The van der Waals surface area contributed by atoms with Crippen LogP contribution in [0.1, 0.15) is 59.6 Å². The summed E-state index contributed by atoms with van der Waals surface area (Å²) >= 11 is 0. The predicted molar refractivity (Wildman–Crippen MR) is 115 cm³/mol. The number of esters is 2. The Hall–Kier alpha value is -3.09. The number of allylic oxidation sites excluding steroid dienone is 1.